The van der Waals surface area contributed by atoms with Crippen molar-refractivity contribution < 1.29 is 9.53 Å². The molecular formula is C14H18N4O2S2. The van der Waals surface area contributed by atoms with Gasteiger partial charge in [-0.15, -0.1) is 11.3 Å². The second-order valence-corrected chi connectivity index (χ2v) is 7.54. The molecule has 118 valence electrons. The number of rotatable bonds is 4. The molecule has 8 heteroatoms. The molecule has 1 fully saturated rings. The summed E-state index contributed by atoms with van der Waals surface area (Å²) in [4.78, 5) is 27.5. The fourth-order valence-electron chi connectivity index (χ4n) is 2.65. The molecule has 1 unspecified atom stereocenters. The summed E-state index contributed by atoms with van der Waals surface area (Å²) in [6.45, 7) is 5.61. The molecule has 2 aromatic heterocycles. The average Bonchev–Trinajstić information content (AvgIpc) is 3.11. The Bertz CT molecular complexity index is 705. The number of hydrogen-bond donors (Lipinski definition) is 0. The van der Waals surface area contributed by atoms with Gasteiger partial charge in [0.1, 0.15) is 11.0 Å². The lowest BCUT2D eigenvalue weighted by molar-refractivity contribution is -0.153. The highest BCUT2D eigenvalue weighted by atomic mass is 32.2. The third-order valence-electron chi connectivity index (χ3n) is 3.87. The SMILES string of the molecule is CCOC(=O)C1(C)CCN(c2ncnc3nc(SC)sc23)C1. The van der Waals surface area contributed by atoms with Crippen LogP contribution in [0.3, 0.4) is 0 Å². The van der Waals surface area contributed by atoms with Crippen molar-refractivity contribution in [1.82, 2.24) is 15.0 Å². The summed E-state index contributed by atoms with van der Waals surface area (Å²) >= 11 is 3.20. The molecule has 0 aliphatic carbocycles. The molecule has 0 spiro atoms. The first kappa shape index (κ1) is 15.5. The van der Waals surface area contributed by atoms with Crippen LogP contribution >= 0.6 is 23.1 Å². The van der Waals surface area contributed by atoms with E-state index in [1.165, 1.54) is 0 Å². The van der Waals surface area contributed by atoms with E-state index in [1.54, 1.807) is 29.4 Å². The fourth-order valence-corrected chi connectivity index (χ4v) is 4.18. The van der Waals surface area contributed by atoms with Crippen LogP contribution in [0.25, 0.3) is 10.3 Å². The Balaban J connectivity index is 1.90. The van der Waals surface area contributed by atoms with Crippen molar-refractivity contribution >= 4 is 45.2 Å². The van der Waals surface area contributed by atoms with Gasteiger partial charge in [0.2, 0.25) is 0 Å². The van der Waals surface area contributed by atoms with Gasteiger partial charge in [0.15, 0.2) is 15.8 Å². The van der Waals surface area contributed by atoms with Crippen LogP contribution in [0.1, 0.15) is 20.3 Å². The van der Waals surface area contributed by atoms with Gasteiger partial charge >= 0.3 is 5.97 Å². The van der Waals surface area contributed by atoms with Crippen LogP contribution < -0.4 is 4.90 Å². The number of nitrogens with zero attached hydrogens (tertiary/aromatic N) is 4. The number of aromatic nitrogens is 3. The number of hydrogen-bond acceptors (Lipinski definition) is 8. The zero-order chi connectivity index (χ0) is 15.7. The number of ether oxygens (including phenoxy) is 1. The second-order valence-electron chi connectivity index (χ2n) is 5.49. The lowest BCUT2D eigenvalue weighted by Crippen LogP contribution is -2.33. The molecule has 22 heavy (non-hydrogen) atoms. The minimum atomic E-state index is -0.472. The standard InChI is InChI=1S/C14H18N4O2S2/c1-4-20-12(19)14(2)5-6-18(7-14)11-9-10(15-8-16-11)17-13(21-3)22-9/h8H,4-7H2,1-3H3. The van der Waals surface area contributed by atoms with E-state index >= 15 is 0 Å². The number of esters is 1. The van der Waals surface area contributed by atoms with Crippen molar-refractivity contribution in [3.05, 3.63) is 6.33 Å². The second kappa shape index (κ2) is 6.00. The highest BCUT2D eigenvalue weighted by Crippen LogP contribution is 2.38. The summed E-state index contributed by atoms with van der Waals surface area (Å²) in [6, 6.07) is 0. The predicted octanol–water partition coefficient (Wildman–Crippen LogP) is 2.59. The molecule has 1 saturated heterocycles. The first-order valence-electron chi connectivity index (χ1n) is 7.15. The first-order valence-corrected chi connectivity index (χ1v) is 9.19. The lowest BCUT2D eigenvalue weighted by atomic mass is 9.90. The largest absolute Gasteiger partial charge is 0.466 e. The Labute approximate surface area is 137 Å². The molecule has 3 rings (SSSR count). The highest BCUT2D eigenvalue weighted by Gasteiger charge is 2.42. The van der Waals surface area contributed by atoms with Crippen molar-refractivity contribution in [3.63, 3.8) is 0 Å². The Hall–Kier alpha value is -1.41. The molecule has 6 nitrogen and oxygen atoms in total. The van der Waals surface area contributed by atoms with E-state index in [1.807, 2.05) is 20.1 Å². The number of carbonyl (C=O) groups excluding carboxylic acids is 1. The molecule has 0 bridgehead atoms. The topological polar surface area (TPSA) is 68.2 Å². The Morgan fingerprint density at radius 3 is 3.09 bits per heavy atom. The van der Waals surface area contributed by atoms with Gasteiger partial charge in [-0.25, -0.2) is 15.0 Å². The molecule has 0 aromatic carbocycles. The monoisotopic (exact) mass is 338 g/mol. The van der Waals surface area contributed by atoms with E-state index in [0.29, 0.717) is 13.2 Å². The van der Waals surface area contributed by atoms with Crippen LogP contribution in [0.15, 0.2) is 10.7 Å². The zero-order valence-corrected chi connectivity index (χ0v) is 14.5. The summed E-state index contributed by atoms with van der Waals surface area (Å²) in [5.41, 5.74) is 0.254. The van der Waals surface area contributed by atoms with Gasteiger partial charge in [-0.3, -0.25) is 4.79 Å². The van der Waals surface area contributed by atoms with Crippen LogP contribution in [0.2, 0.25) is 0 Å². The quantitative estimate of drug-likeness (QED) is 0.627. The Morgan fingerprint density at radius 2 is 2.36 bits per heavy atom. The van der Waals surface area contributed by atoms with Crippen molar-refractivity contribution in [2.45, 2.75) is 24.6 Å². The van der Waals surface area contributed by atoms with Gasteiger partial charge in [0.05, 0.1) is 12.0 Å². The molecular weight excluding hydrogens is 320 g/mol. The highest BCUT2D eigenvalue weighted by molar-refractivity contribution is 8.00. The van der Waals surface area contributed by atoms with Crippen molar-refractivity contribution in [3.8, 4) is 0 Å². The van der Waals surface area contributed by atoms with Crippen LogP contribution in [0.5, 0.6) is 0 Å². The molecule has 1 atom stereocenters. The molecule has 2 aromatic rings. The fraction of sp³-hybridized carbons (Fsp3) is 0.571. The van der Waals surface area contributed by atoms with Gasteiger partial charge in [-0.1, -0.05) is 11.8 Å². The minimum absolute atomic E-state index is 0.128. The summed E-state index contributed by atoms with van der Waals surface area (Å²) in [6.07, 6.45) is 4.31. The van der Waals surface area contributed by atoms with Crippen molar-refractivity contribution in [1.29, 1.82) is 0 Å². The van der Waals surface area contributed by atoms with Gasteiger partial charge < -0.3 is 9.64 Å². The molecule has 0 amide bonds. The van der Waals surface area contributed by atoms with Crippen LogP contribution in [-0.2, 0) is 9.53 Å². The maximum Gasteiger partial charge on any atom is 0.313 e. The number of carbonyl (C=O) groups is 1. The van der Waals surface area contributed by atoms with E-state index in [2.05, 4.69) is 19.9 Å². The van der Waals surface area contributed by atoms with Crippen molar-refractivity contribution in [2.24, 2.45) is 5.41 Å². The van der Waals surface area contributed by atoms with Gasteiger partial charge in [0, 0.05) is 13.1 Å². The molecule has 1 aliphatic heterocycles. The van der Waals surface area contributed by atoms with Crippen LogP contribution in [-0.4, -0.2) is 46.9 Å². The maximum atomic E-state index is 12.2. The van der Waals surface area contributed by atoms with E-state index in [9.17, 15) is 4.79 Å². The molecule has 0 saturated carbocycles. The average molecular weight is 338 g/mol. The van der Waals surface area contributed by atoms with Crippen LogP contribution in [0.4, 0.5) is 5.82 Å². The summed E-state index contributed by atoms with van der Waals surface area (Å²) in [7, 11) is 0. The first-order chi connectivity index (χ1) is 10.6. The minimum Gasteiger partial charge on any atom is -0.466 e. The number of fused-ring (bicyclic) bond motifs is 1. The molecule has 0 radical (unpaired) electrons. The molecule has 3 heterocycles. The summed E-state index contributed by atoms with van der Waals surface area (Å²) < 4.78 is 7.17. The smallest absolute Gasteiger partial charge is 0.313 e. The van der Waals surface area contributed by atoms with E-state index in [4.69, 9.17) is 4.74 Å². The molecule has 0 N–H and O–H groups in total. The summed E-state index contributed by atoms with van der Waals surface area (Å²) in [5.74, 6) is 0.743. The van der Waals surface area contributed by atoms with E-state index in [0.717, 1.165) is 33.5 Å². The normalized spacial score (nSPS) is 21.5. The third-order valence-corrected chi connectivity index (χ3v) is 5.89. The third kappa shape index (κ3) is 2.65. The van der Waals surface area contributed by atoms with E-state index in [-0.39, 0.29) is 5.97 Å². The Kier molecular flexibility index (Phi) is 4.22. The van der Waals surface area contributed by atoms with Gasteiger partial charge in [0.25, 0.3) is 0 Å². The van der Waals surface area contributed by atoms with Crippen LogP contribution in [0, 0.1) is 5.41 Å². The summed E-state index contributed by atoms with van der Waals surface area (Å²) in [5, 5.41) is 0. The number of anilines is 1. The van der Waals surface area contributed by atoms with Gasteiger partial charge in [-0.2, -0.15) is 0 Å². The predicted molar refractivity (Wildman–Crippen MR) is 88.6 cm³/mol. The Morgan fingerprint density at radius 1 is 1.55 bits per heavy atom. The zero-order valence-electron chi connectivity index (χ0n) is 12.8. The van der Waals surface area contributed by atoms with Gasteiger partial charge in [-0.05, 0) is 26.5 Å². The lowest BCUT2D eigenvalue weighted by Gasteiger charge is -2.23. The number of thiazole rings is 1. The molecule has 1 aliphatic rings. The maximum absolute atomic E-state index is 12.2. The number of thioether (sulfide) groups is 1. The van der Waals surface area contributed by atoms with Crippen molar-refractivity contribution in [2.75, 3.05) is 30.9 Å². The van der Waals surface area contributed by atoms with E-state index < -0.39 is 5.41 Å².